The number of nitrogens with two attached hydrogens (primary N) is 1. The zero-order valence-electron chi connectivity index (χ0n) is 9.50. The molecule has 1 rings (SSSR count). The maximum atomic E-state index is 9.39. The summed E-state index contributed by atoms with van der Waals surface area (Å²) < 4.78 is 0. The van der Waals surface area contributed by atoms with Crippen molar-refractivity contribution < 1.29 is 5.11 Å². The lowest BCUT2D eigenvalue weighted by atomic mass is 9.72. The fourth-order valence-corrected chi connectivity index (χ4v) is 2.85. The second-order valence-corrected chi connectivity index (χ2v) is 4.67. The standard InChI is InChI=1S/C11H24N2O/c1-13(2)11(10(8-12)9-14)6-4-3-5-7-11/h10,14H,3-9,12H2,1-2H3/t10-/m1/s1. The fourth-order valence-electron chi connectivity index (χ4n) is 2.85. The van der Waals surface area contributed by atoms with Crippen molar-refractivity contribution in [2.75, 3.05) is 27.2 Å². The fraction of sp³-hybridized carbons (Fsp3) is 1.00. The topological polar surface area (TPSA) is 49.5 Å². The highest BCUT2D eigenvalue weighted by molar-refractivity contribution is 4.96. The summed E-state index contributed by atoms with van der Waals surface area (Å²) in [5.41, 5.74) is 5.90. The quantitative estimate of drug-likeness (QED) is 0.706. The predicted octanol–water partition coefficient (Wildman–Crippen LogP) is 0.818. The number of rotatable bonds is 4. The molecule has 14 heavy (non-hydrogen) atoms. The third kappa shape index (κ3) is 2.10. The summed E-state index contributed by atoms with van der Waals surface area (Å²) in [4.78, 5) is 2.28. The predicted molar refractivity (Wildman–Crippen MR) is 59.1 cm³/mol. The van der Waals surface area contributed by atoms with E-state index in [1.54, 1.807) is 0 Å². The molecule has 1 saturated carbocycles. The lowest BCUT2D eigenvalue weighted by molar-refractivity contribution is 0.0130. The van der Waals surface area contributed by atoms with Crippen LogP contribution in [0.3, 0.4) is 0 Å². The Balaban J connectivity index is 2.78. The van der Waals surface area contributed by atoms with Crippen molar-refractivity contribution in [3.63, 3.8) is 0 Å². The van der Waals surface area contributed by atoms with Crippen molar-refractivity contribution in [1.29, 1.82) is 0 Å². The Kier molecular flexibility index (Phi) is 4.35. The number of aliphatic hydroxyl groups excluding tert-OH is 1. The molecule has 0 aromatic rings. The van der Waals surface area contributed by atoms with Crippen LogP contribution >= 0.6 is 0 Å². The monoisotopic (exact) mass is 200 g/mol. The van der Waals surface area contributed by atoms with Gasteiger partial charge in [0.1, 0.15) is 0 Å². The molecule has 1 aliphatic carbocycles. The van der Waals surface area contributed by atoms with Crippen LogP contribution in [0.15, 0.2) is 0 Å². The molecule has 1 aliphatic rings. The first-order chi connectivity index (χ1) is 6.67. The van der Waals surface area contributed by atoms with Crippen molar-refractivity contribution >= 4 is 0 Å². The minimum absolute atomic E-state index is 0.155. The summed E-state index contributed by atoms with van der Waals surface area (Å²) in [7, 11) is 4.23. The van der Waals surface area contributed by atoms with Crippen molar-refractivity contribution in [1.82, 2.24) is 4.90 Å². The van der Waals surface area contributed by atoms with Crippen molar-refractivity contribution in [2.24, 2.45) is 11.7 Å². The van der Waals surface area contributed by atoms with E-state index in [-0.39, 0.29) is 18.1 Å². The minimum Gasteiger partial charge on any atom is -0.396 e. The Hall–Kier alpha value is -0.120. The molecule has 84 valence electrons. The van der Waals surface area contributed by atoms with Gasteiger partial charge in [0, 0.05) is 18.1 Å². The number of nitrogens with zero attached hydrogens (tertiary/aromatic N) is 1. The van der Waals surface area contributed by atoms with Crippen molar-refractivity contribution in [2.45, 2.75) is 37.6 Å². The first kappa shape index (κ1) is 12.0. The summed E-state index contributed by atoms with van der Waals surface area (Å²) in [5, 5.41) is 9.39. The lowest BCUT2D eigenvalue weighted by Gasteiger charge is -2.47. The molecule has 3 heteroatoms. The zero-order valence-corrected chi connectivity index (χ0v) is 9.50. The second-order valence-electron chi connectivity index (χ2n) is 4.67. The van der Waals surface area contributed by atoms with Crippen LogP contribution in [-0.2, 0) is 0 Å². The maximum absolute atomic E-state index is 9.39. The lowest BCUT2D eigenvalue weighted by Crippen LogP contribution is -2.55. The minimum atomic E-state index is 0.155. The van der Waals surface area contributed by atoms with E-state index in [1.807, 2.05) is 0 Å². The molecule has 0 aromatic heterocycles. The van der Waals surface area contributed by atoms with Crippen LogP contribution in [0, 0.1) is 5.92 Å². The van der Waals surface area contributed by atoms with Gasteiger partial charge < -0.3 is 15.7 Å². The van der Waals surface area contributed by atoms with Gasteiger partial charge >= 0.3 is 0 Å². The maximum Gasteiger partial charge on any atom is 0.0489 e. The van der Waals surface area contributed by atoms with Gasteiger partial charge in [0.2, 0.25) is 0 Å². The van der Waals surface area contributed by atoms with Gasteiger partial charge in [-0.1, -0.05) is 19.3 Å². The highest BCUT2D eigenvalue weighted by Crippen LogP contribution is 2.37. The Morgan fingerprint density at radius 3 is 2.21 bits per heavy atom. The molecule has 3 N–H and O–H groups in total. The number of aliphatic hydroxyl groups is 1. The average molecular weight is 200 g/mol. The molecule has 1 fully saturated rings. The summed E-state index contributed by atoms with van der Waals surface area (Å²) in [5.74, 6) is 0.234. The van der Waals surface area contributed by atoms with Gasteiger partial charge in [0.15, 0.2) is 0 Å². The molecule has 3 nitrogen and oxygen atoms in total. The zero-order chi connectivity index (χ0) is 10.6. The van der Waals surface area contributed by atoms with Gasteiger partial charge in [-0.2, -0.15) is 0 Å². The highest BCUT2D eigenvalue weighted by Gasteiger charge is 2.40. The first-order valence-corrected chi connectivity index (χ1v) is 5.65. The second kappa shape index (κ2) is 5.10. The summed E-state index contributed by atoms with van der Waals surface area (Å²) >= 11 is 0. The Bertz CT molecular complexity index is 161. The van der Waals surface area contributed by atoms with E-state index in [0.717, 1.165) is 0 Å². The molecule has 0 heterocycles. The van der Waals surface area contributed by atoms with E-state index in [2.05, 4.69) is 19.0 Å². The van der Waals surface area contributed by atoms with E-state index >= 15 is 0 Å². The van der Waals surface area contributed by atoms with Crippen LogP contribution in [0.5, 0.6) is 0 Å². The van der Waals surface area contributed by atoms with Gasteiger partial charge in [-0.25, -0.2) is 0 Å². The number of hydrogen-bond acceptors (Lipinski definition) is 3. The van der Waals surface area contributed by atoms with E-state index < -0.39 is 0 Å². The van der Waals surface area contributed by atoms with Crippen LogP contribution in [0.1, 0.15) is 32.1 Å². The SMILES string of the molecule is CN(C)C1([C@H](CN)CO)CCCCC1. The molecule has 0 radical (unpaired) electrons. The summed E-state index contributed by atoms with van der Waals surface area (Å²) in [6.45, 7) is 0.809. The molecular formula is C11H24N2O. The van der Waals surface area contributed by atoms with E-state index in [0.29, 0.717) is 6.54 Å². The normalized spacial score (nSPS) is 23.8. The average Bonchev–Trinajstić information content (AvgIpc) is 2.21. The van der Waals surface area contributed by atoms with Gasteiger partial charge in [0.05, 0.1) is 0 Å². The molecule has 0 aliphatic heterocycles. The Morgan fingerprint density at radius 1 is 1.29 bits per heavy atom. The van der Waals surface area contributed by atoms with Crippen LogP contribution in [0.4, 0.5) is 0 Å². The van der Waals surface area contributed by atoms with Gasteiger partial charge in [-0.05, 0) is 33.5 Å². The third-order valence-corrected chi connectivity index (χ3v) is 3.87. The van der Waals surface area contributed by atoms with Crippen LogP contribution in [0.2, 0.25) is 0 Å². The third-order valence-electron chi connectivity index (χ3n) is 3.87. The number of hydrogen-bond donors (Lipinski definition) is 2. The highest BCUT2D eigenvalue weighted by atomic mass is 16.3. The Morgan fingerprint density at radius 2 is 1.86 bits per heavy atom. The van der Waals surface area contributed by atoms with E-state index in [4.69, 9.17) is 5.73 Å². The first-order valence-electron chi connectivity index (χ1n) is 5.65. The molecule has 0 amide bonds. The Labute approximate surface area is 87.3 Å². The van der Waals surface area contributed by atoms with Gasteiger partial charge in [0.25, 0.3) is 0 Å². The molecule has 1 atom stereocenters. The molecule has 0 unspecified atom stereocenters. The van der Waals surface area contributed by atoms with E-state index in [1.165, 1.54) is 32.1 Å². The largest absolute Gasteiger partial charge is 0.396 e. The summed E-state index contributed by atoms with van der Waals surface area (Å²) in [6, 6.07) is 0. The molecule has 0 bridgehead atoms. The molecule has 0 aromatic carbocycles. The summed E-state index contributed by atoms with van der Waals surface area (Å²) in [6.07, 6.45) is 6.24. The van der Waals surface area contributed by atoms with E-state index in [9.17, 15) is 5.11 Å². The molecule has 0 spiro atoms. The van der Waals surface area contributed by atoms with Crippen LogP contribution < -0.4 is 5.73 Å². The van der Waals surface area contributed by atoms with Gasteiger partial charge in [-0.15, -0.1) is 0 Å². The molecular weight excluding hydrogens is 176 g/mol. The molecule has 0 saturated heterocycles. The van der Waals surface area contributed by atoms with Crippen molar-refractivity contribution in [3.8, 4) is 0 Å². The smallest absolute Gasteiger partial charge is 0.0489 e. The van der Waals surface area contributed by atoms with Crippen LogP contribution in [-0.4, -0.2) is 42.8 Å². The van der Waals surface area contributed by atoms with Crippen molar-refractivity contribution in [3.05, 3.63) is 0 Å². The van der Waals surface area contributed by atoms with Crippen LogP contribution in [0.25, 0.3) is 0 Å². The van der Waals surface area contributed by atoms with Gasteiger partial charge in [-0.3, -0.25) is 0 Å².